The van der Waals surface area contributed by atoms with E-state index >= 15 is 0 Å². The molecule has 0 bridgehead atoms. The van der Waals surface area contributed by atoms with Gasteiger partial charge in [-0.2, -0.15) is 0 Å². The van der Waals surface area contributed by atoms with E-state index in [-0.39, 0.29) is 37.6 Å². The van der Waals surface area contributed by atoms with Crippen LogP contribution >= 0.6 is 23.2 Å². The number of hydrogen-bond acceptors (Lipinski definition) is 6. The predicted octanol–water partition coefficient (Wildman–Crippen LogP) is 4.54. The molecule has 0 atom stereocenters. The van der Waals surface area contributed by atoms with E-state index in [1.807, 2.05) is 0 Å². The molecule has 160 valence electrons. The number of nitro benzene ring substituents is 1. The number of benzene rings is 3. The average molecular weight is 481 g/mol. The Labute approximate surface area is 187 Å². The molecule has 3 aromatic carbocycles. The van der Waals surface area contributed by atoms with Crippen molar-refractivity contribution in [3.8, 4) is 0 Å². The van der Waals surface area contributed by atoms with Gasteiger partial charge in [0.2, 0.25) is 0 Å². The van der Waals surface area contributed by atoms with Crippen molar-refractivity contribution in [3.63, 3.8) is 0 Å². The second-order valence-corrected chi connectivity index (χ2v) is 8.74. The third-order valence-corrected chi connectivity index (χ3v) is 6.08. The molecule has 0 aliphatic carbocycles. The molecule has 0 saturated carbocycles. The van der Waals surface area contributed by atoms with Gasteiger partial charge in [-0.05, 0) is 42.5 Å². The zero-order chi connectivity index (χ0) is 22.8. The van der Waals surface area contributed by atoms with E-state index in [1.54, 1.807) is 0 Å². The first-order valence-electron chi connectivity index (χ1n) is 8.50. The molecule has 0 fully saturated rings. The number of nitrogens with zero attached hydrogens (tertiary/aromatic N) is 1. The molecule has 0 spiro atoms. The smallest absolute Gasteiger partial charge is 0.270 e. The van der Waals surface area contributed by atoms with E-state index in [0.29, 0.717) is 5.69 Å². The number of rotatable bonds is 6. The minimum atomic E-state index is -4.06. The van der Waals surface area contributed by atoms with Crippen LogP contribution in [0.1, 0.15) is 10.4 Å². The van der Waals surface area contributed by atoms with Crippen LogP contribution in [0.4, 0.5) is 22.7 Å². The van der Waals surface area contributed by atoms with Crippen molar-refractivity contribution in [1.82, 2.24) is 0 Å². The fourth-order valence-electron chi connectivity index (χ4n) is 2.53. The normalized spacial score (nSPS) is 11.0. The Kier molecular flexibility index (Phi) is 6.34. The summed E-state index contributed by atoms with van der Waals surface area (Å²) in [4.78, 5) is 22.3. The summed E-state index contributed by atoms with van der Waals surface area (Å²) in [6.45, 7) is 0. The summed E-state index contributed by atoms with van der Waals surface area (Å²) < 4.78 is 27.3. The Hall–Kier alpha value is -3.34. The Balaban J connectivity index is 1.74. The lowest BCUT2D eigenvalue weighted by molar-refractivity contribution is -0.385. The highest BCUT2D eigenvalue weighted by molar-refractivity contribution is 7.92. The molecular formula is C19H14Cl2N4O5S. The SMILES string of the molecule is Nc1c(Cl)cc(NC(=O)c2ccc(NS(=O)(=O)c3cccc([N+](=O)[O-])c3)cc2)cc1Cl. The van der Waals surface area contributed by atoms with Crippen LogP contribution in [0.15, 0.2) is 65.6 Å². The molecule has 4 N–H and O–H groups in total. The Morgan fingerprint density at radius 3 is 2.16 bits per heavy atom. The van der Waals surface area contributed by atoms with Crippen molar-refractivity contribution in [2.24, 2.45) is 0 Å². The van der Waals surface area contributed by atoms with E-state index < -0.39 is 20.9 Å². The summed E-state index contributed by atoms with van der Waals surface area (Å²) >= 11 is 11.9. The van der Waals surface area contributed by atoms with E-state index in [4.69, 9.17) is 28.9 Å². The van der Waals surface area contributed by atoms with E-state index in [2.05, 4.69) is 10.0 Å². The molecular weight excluding hydrogens is 467 g/mol. The van der Waals surface area contributed by atoms with Gasteiger partial charge >= 0.3 is 0 Å². The molecule has 9 nitrogen and oxygen atoms in total. The van der Waals surface area contributed by atoms with Crippen LogP contribution < -0.4 is 15.8 Å². The van der Waals surface area contributed by atoms with Crippen molar-refractivity contribution in [3.05, 3.63) is 86.4 Å². The van der Waals surface area contributed by atoms with Gasteiger partial charge in [-0.1, -0.05) is 29.3 Å². The van der Waals surface area contributed by atoms with Crippen molar-refractivity contribution in [1.29, 1.82) is 0 Å². The third kappa shape index (κ3) is 5.23. The molecule has 0 heterocycles. The molecule has 0 unspecified atom stereocenters. The van der Waals surface area contributed by atoms with Crippen molar-refractivity contribution >= 4 is 61.9 Å². The van der Waals surface area contributed by atoms with Crippen molar-refractivity contribution in [2.75, 3.05) is 15.8 Å². The molecule has 3 aromatic rings. The highest BCUT2D eigenvalue weighted by Gasteiger charge is 2.18. The number of anilines is 3. The molecule has 31 heavy (non-hydrogen) atoms. The Bertz CT molecular complexity index is 1260. The number of carbonyl (C=O) groups excluding carboxylic acids is 1. The minimum absolute atomic E-state index is 0.168. The lowest BCUT2D eigenvalue weighted by atomic mass is 10.2. The van der Waals surface area contributed by atoms with Gasteiger partial charge in [0.1, 0.15) is 0 Å². The molecule has 0 radical (unpaired) electrons. The molecule has 0 saturated heterocycles. The molecule has 0 aromatic heterocycles. The number of nitrogens with one attached hydrogen (secondary N) is 2. The second kappa shape index (κ2) is 8.80. The highest BCUT2D eigenvalue weighted by Crippen LogP contribution is 2.31. The number of halogens is 2. The van der Waals surface area contributed by atoms with Crippen LogP contribution in [0.25, 0.3) is 0 Å². The van der Waals surface area contributed by atoms with Crippen LogP contribution in [-0.2, 0) is 10.0 Å². The van der Waals surface area contributed by atoms with Gasteiger partial charge in [0, 0.05) is 29.1 Å². The lowest BCUT2D eigenvalue weighted by Crippen LogP contribution is -2.14. The largest absolute Gasteiger partial charge is 0.396 e. The number of hydrogen-bond donors (Lipinski definition) is 3. The quantitative estimate of drug-likeness (QED) is 0.268. The fraction of sp³-hybridized carbons (Fsp3) is 0. The topological polar surface area (TPSA) is 144 Å². The van der Waals surface area contributed by atoms with Gasteiger partial charge in [0.15, 0.2) is 0 Å². The average Bonchev–Trinajstić information content (AvgIpc) is 2.72. The van der Waals surface area contributed by atoms with Crippen LogP contribution in [0.2, 0.25) is 10.0 Å². The summed E-state index contributed by atoms with van der Waals surface area (Å²) in [7, 11) is -4.06. The van der Waals surface area contributed by atoms with Crippen molar-refractivity contribution < 1.29 is 18.1 Å². The number of non-ortho nitro benzene ring substituents is 1. The third-order valence-electron chi connectivity index (χ3n) is 4.07. The van der Waals surface area contributed by atoms with E-state index in [1.165, 1.54) is 54.6 Å². The molecule has 12 heteroatoms. The first kappa shape index (κ1) is 22.3. The number of nitrogen functional groups attached to an aromatic ring is 1. The van der Waals surface area contributed by atoms with Gasteiger partial charge in [0.05, 0.1) is 25.6 Å². The maximum atomic E-state index is 12.5. The van der Waals surface area contributed by atoms with Gasteiger partial charge in [0.25, 0.3) is 21.6 Å². The highest BCUT2D eigenvalue weighted by atomic mass is 35.5. The molecule has 1 amide bonds. The number of carbonyl (C=O) groups is 1. The lowest BCUT2D eigenvalue weighted by Gasteiger charge is -2.10. The number of nitro groups is 1. The summed E-state index contributed by atoms with van der Waals surface area (Å²) in [5, 5.41) is 13.8. The zero-order valence-corrected chi connectivity index (χ0v) is 17.8. The summed E-state index contributed by atoms with van der Waals surface area (Å²) in [5.41, 5.74) is 6.25. The molecule has 0 aliphatic rings. The Morgan fingerprint density at radius 1 is 0.968 bits per heavy atom. The fourth-order valence-corrected chi connectivity index (χ4v) is 4.11. The monoisotopic (exact) mass is 480 g/mol. The maximum absolute atomic E-state index is 12.5. The van der Waals surface area contributed by atoms with Crippen LogP contribution in [-0.4, -0.2) is 19.2 Å². The maximum Gasteiger partial charge on any atom is 0.270 e. The number of sulfonamides is 1. The standard InChI is InChI=1S/C19H14Cl2N4O5S/c20-16-8-13(9-17(21)18(16)22)23-19(26)11-4-6-12(7-5-11)24-31(29,30)15-3-1-2-14(10-15)25(27)28/h1-10,24H,22H2,(H,23,26). The van der Waals surface area contributed by atoms with E-state index in [0.717, 1.165) is 6.07 Å². The second-order valence-electron chi connectivity index (χ2n) is 6.25. The van der Waals surface area contributed by atoms with Crippen LogP contribution in [0.3, 0.4) is 0 Å². The molecule has 3 rings (SSSR count). The van der Waals surface area contributed by atoms with Crippen LogP contribution in [0, 0.1) is 10.1 Å². The van der Waals surface area contributed by atoms with E-state index in [9.17, 15) is 23.3 Å². The van der Waals surface area contributed by atoms with Crippen LogP contribution in [0.5, 0.6) is 0 Å². The van der Waals surface area contributed by atoms with Crippen molar-refractivity contribution in [2.45, 2.75) is 4.90 Å². The summed E-state index contributed by atoms with van der Waals surface area (Å²) in [5.74, 6) is -0.481. The Morgan fingerprint density at radius 2 is 1.58 bits per heavy atom. The first-order valence-corrected chi connectivity index (χ1v) is 10.7. The molecule has 0 aliphatic heterocycles. The first-order chi connectivity index (χ1) is 14.6. The van der Waals surface area contributed by atoms with Gasteiger partial charge in [-0.25, -0.2) is 8.42 Å². The number of nitrogens with two attached hydrogens (primary N) is 1. The minimum Gasteiger partial charge on any atom is -0.396 e. The van der Waals surface area contributed by atoms with Gasteiger partial charge < -0.3 is 11.1 Å². The van der Waals surface area contributed by atoms with Gasteiger partial charge in [-0.3, -0.25) is 19.6 Å². The number of amides is 1. The zero-order valence-electron chi connectivity index (χ0n) is 15.5. The summed E-state index contributed by atoms with van der Waals surface area (Å²) in [6.07, 6.45) is 0. The predicted molar refractivity (Wildman–Crippen MR) is 119 cm³/mol. The summed E-state index contributed by atoms with van der Waals surface area (Å²) in [6, 6.07) is 13.1. The van der Waals surface area contributed by atoms with Gasteiger partial charge in [-0.15, -0.1) is 0 Å².